The standard InChI is InChI=1S/C19H28ClFN2O/c1-2-3-4-5-6-7-8-9-10-14-19(24)23-22-15-16-17(20)12-11-13-18(16)21/h11-13,15H,2-10,14H2,1H3,(H,23,24)/b22-15+. The molecule has 0 fully saturated rings. The monoisotopic (exact) mass is 354 g/mol. The topological polar surface area (TPSA) is 41.5 Å². The summed E-state index contributed by atoms with van der Waals surface area (Å²) in [6.07, 6.45) is 12.6. The van der Waals surface area contributed by atoms with Crippen LogP contribution in [0, 0.1) is 5.82 Å². The lowest BCUT2D eigenvalue weighted by molar-refractivity contribution is -0.121. The van der Waals surface area contributed by atoms with E-state index in [1.807, 2.05) is 0 Å². The fraction of sp³-hybridized carbons (Fsp3) is 0.579. The van der Waals surface area contributed by atoms with Crippen molar-refractivity contribution < 1.29 is 9.18 Å². The van der Waals surface area contributed by atoms with Crippen molar-refractivity contribution in [2.45, 2.75) is 71.1 Å². The minimum Gasteiger partial charge on any atom is -0.273 e. The Morgan fingerprint density at radius 3 is 2.38 bits per heavy atom. The lowest BCUT2D eigenvalue weighted by Crippen LogP contribution is -2.17. The van der Waals surface area contributed by atoms with Gasteiger partial charge in [-0.3, -0.25) is 4.79 Å². The maximum atomic E-state index is 13.5. The first-order valence-electron chi connectivity index (χ1n) is 8.91. The average molecular weight is 355 g/mol. The van der Waals surface area contributed by atoms with Crippen molar-refractivity contribution in [3.05, 3.63) is 34.6 Å². The van der Waals surface area contributed by atoms with Crippen molar-refractivity contribution >= 4 is 23.7 Å². The summed E-state index contributed by atoms with van der Waals surface area (Å²) >= 11 is 5.87. The van der Waals surface area contributed by atoms with Crippen molar-refractivity contribution in [1.82, 2.24) is 5.43 Å². The number of unbranched alkanes of at least 4 members (excludes halogenated alkanes) is 8. The second-order valence-electron chi connectivity index (χ2n) is 6.01. The number of nitrogens with one attached hydrogen (secondary N) is 1. The summed E-state index contributed by atoms with van der Waals surface area (Å²) in [5.74, 6) is -0.610. The average Bonchev–Trinajstić information content (AvgIpc) is 2.56. The second-order valence-corrected chi connectivity index (χ2v) is 6.41. The van der Waals surface area contributed by atoms with Crippen LogP contribution < -0.4 is 5.43 Å². The van der Waals surface area contributed by atoms with Gasteiger partial charge in [0.25, 0.3) is 0 Å². The van der Waals surface area contributed by atoms with Crippen LogP contribution in [0.15, 0.2) is 23.3 Å². The first kappa shape index (κ1) is 20.6. The summed E-state index contributed by atoms with van der Waals surface area (Å²) < 4.78 is 13.5. The molecule has 1 amide bonds. The Hall–Kier alpha value is -1.42. The smallest absolute Gasteiger partial charge is 0.240 e. The van der Waals surface area contributed by atoms with Crippen LogP contribution in [0.3, 0.4) is 0 Å². The van der Waals surface area contributed by atoms with Crippen LogP contribution >= 0.6 is 11.6 Å². The normalized spacial score (nSPS) is 11.1. The molecule has 0 saturated carbocycles. The van der Waals surface area contributed by atoms with Gasteiger partial charge in [0, 0.05) is 12.0 Å². The van der Waals surface area contributed by atoms with Gasteiger partial charge < -0.3 is 0 Å². The van der Waals surface area contributed by atoms with E-state index in [9.17, 15) is 9.18 Å². The molecule has 0 aliphatic heterocycles. The van der Waals surface area contributed by atoms with Crippen LogP contribution in [0.25, 0.3) is 0 Å². The lowest BCUT2D eigenvalue weighted by atomic mass is 10.1. The third-order valence-corrected chi connectivity index (χ3v) is 4.22. The zero-order valence-electron chi connectivity index (χ0n) is 14.5. The fourth-order valence-corrected chi connectivity index (χ4v) is 2.67. The van der Waals surface area contributed by atoms with E-state index in [4.69, 9.17) is 11.6 Å². The van der Waals surface area contributed by atoms with E-state index in [2.05, 4.69) is 17.5 Å². The number of carbonyl (C=O) groups excluding carboxylic acids is 1. The minimum absolute atomic E-state index is 0.151. The lowest BCUT2D eigenvalue weighted by Gasteiger charge is -2.02. The highest BCUT2D eigenvalue weighted by Gasteiger charge is 2.04. The van der Waals surface area contributed by atoms with E-state index in [-0.39, 0.29) is 16.5 Å². The Morgan fingerprint density at radius 2 is 1.75 bits per heavy atom. The first-order chi connectivity index (χ1) is 11.6. The van der Waals surface area contributed by atoms with Gasteiger partial charge in [0.1, 0.15) is 5.82 Å². The molecule has 0 aromatic heterocycles. The molecule has 0 heterocycles. The summed E-state index contributed by atoms with van der Waals surface area (Å²) in [4.78, 5) is 11.7. The number of amides is 1. The molecule has 5 heteroatoms. The zero-order valence-corrected chi connectivity index (χ0v) is 15.2. The number of hydrogen-bond acceptors (Lipinski definition) is 2. The quantitative estimate of drug-likeness (QED) is 0.285. The number of nitrogens with zero attached hydrogens (tertiary/aromatic N) is 1. The highest BCUT2D eigenvalue weighted by atomic mass is 35.5. The van der Waals surface area contributed by atoms with Crippen molar-refractivity contribution in [3.63, 3.8) is 0 Å². The van der Waals surface area contributed by atoms with Gasteiger partial charge in [0.15, 0.2) is 0 Å². The van der Waals surface area contributed by atoms with Crippen molar-refractivity contribution in [2.75, 3.05) is 0 Å². The van der Waals surface area contributed by atoms with Crippen LogP contribution in [-0.2, 0) is 4.79 Å². The largest absolute Gasteiger partial charge is 0.273 e. The number of benzene rings is 1. The van der Waals surface area contributed by atoms with Crippen molar-refractivity contribution in [3.8, 4) is 0 Å². The second kappa shape index (κ2) is 12.9. The number of carbonyl (C=O) groups is 1. The molecule has 0 aliphatic carbocycles. The molecule has 0 radical (unpaired) electrons. The van der Waals surface area contributed by atoms with Crippen LogP contribution in [0.1, 0.15) is 76.7 Å². The Labute approximate surface area is 149 Å². The highest BCUT2D eigenvalue weighted by Crippen LogP contribution is 2.16. The summed E-state index contributed by atoms with van der Waals surface area (Å²) in [5.41, 5.74) is 2.60. The van der Waals surface area contributed by atoms with Gasteiger partial charge in [-0.25, -0.2) is 9.82 Å². The molecule has 1 N–H and O–H groups in total. The van der Waals surface area contributed by atoms with E-state index < -0.39 is 5.82 Å². The fourth-order valence-electron chi connectivity index (χ4n) is 2.45. The third kappa shape index (κ3) is 9.02. The van der Waals surface area contributed by atoms with E-state index in [1.165, 1.54) is 63.3 Å². The molecular weight excluding hydrogens is 327 g/mol. The summed E-state index contributed by atoms with van der Waals surface area (Å²) in [6.45, 7) is 2.22. The van der Waals surface area contributed by atoms with E-state index >= 15 is 0 Å². The molecule has 1 aromatic rings. The first-order valence-corrected chi connectivity index (χ1v) is 9.29. The van der Waals surface area contributed by atoms with Crippen molar-refractivity contribution in [2.24, 2.45) is 5.10 Å². The molecule has 1 rings (SSSR count). The molecule has 0 bridgehead atoms. The number of hydrazone groups is 1. The number of rotatable bonds is 12. The minimum atomic E-state index is -0.459. The Kier molecular flexibility index (Phi) is 11.1. The van der Waals surface area contributed by atoms with E-state index in [1.54, 1.807) is 6.07 Å². The predicted molar refractivity (Wildman–Crippen MR) is 99.0 cm³/mol. The molecule has 0 atom stereocenters. The zero-order chi connectivity index (χ0) is 17.6. The Bertz CT molecular complexity index is 500. The number of halogens is 2. The Balaban J connectivity index is 2.09. The van der Waals surface area contributed by atoms with E-state index in [0.29, 0.717) is 6.42 Å². The van der Waals surface area contributed by atoms with Crippen LogP contribution in [0.2, 0.25) is 5.02 Å². The Morgan fingerprint density at radius 1 is 1.12 bits per heavy atom. The van der Waals surface area contributed by atoms with Crippen molar-refractivity contribution in [1.29, 1.82) is 0 Å². The SMILES string of the molecule is CCCCCCCCCCCC(=O)N/N=C/c1c(F)cccc1Cl. The van der Waals surface area contributed by atoms with Crippen LogP contribution in [-0.4, -0.2) is 12.1 Å². The van der Waals surface area contributed by atoms with Gasteiger partial charge in [0.2, 0.25) is 5.91 Å². The third-order valence-electron chi connectivity index (χ3n) is 3.89. The van der Waals surface area contributed by atoms with Gasteiger partial charge in [-0.1, -0.05) is 76.0 Å². The summed E-state index contributed by atoms with van der Waals surface area (Å²) in [6, 6.07) is 4.41. The van der Waals surface area contributed by atoms with Gasteiger partial charge in [-0.2, -0.15) is 5.10 Å². The maximum absolute atomic E-state index is 13.5. The van der Waals surface area contributed by atoms with Crippen LogP contribution in [0.4, 0.5) is 4.39 Å². The molecule has 0 aliphatic rings. The molecular formula is C19H28ClFN2O. The highest BCUT2D eigenvalue weighted by molar-refractivity contribution is 6.33. The molecule has 1 aromatic carbocycles. The molecule has 0 spiro atoms. The molecule has 134 valence electrons. The van der Waals surface area contributed by atoms with E-state index in [0.717, 1.165) is 12.8 Å². The predicted octanol–water partition coefficient (Wildman–Crippen LogP) is 5.85. The molecule has 24 heavy (non-hydrogen) atoms. The summed E-state index contributed by atoms with van der Waals surface area (Å²) in [7, 11) is 0. The molecule has 3 nitrogen and oxygen atoms in total. The van der Waals surface area contributed by atoms with Gasteiger partial charge in [-0.05, 0) is 18.6 Å². The number of hydrogen-bond donors (Lipinski definition) is 1. The van der Waals surface area contributed by atoms with Gasteiger partial charge in [-0.15, -0.1) is 0 Å². The van der Waals surface area contributed by atoms with Crippen LogP contribution in [0.5, 0.6) is 0 Å². The summed E-state index contributed by atoms with van der Waals surface area (Å²) in [5, 5.41) is 4.04. The molecule has 0 saturated heterocycles. The van der Waals surface area contributed by atoms with Gasteiger partial charge >= 0.3 is 0 Å². The van der Waals surface area contributed by atoms with Gasteiger partial charge in [0.05, 0.1) is 11.2 Å². The maximum Gasteiger partial charge on any atom is 0.240 e. The molecule has 0 unspecified atom stereocenters.